The van der Waals surface area contributed by atoms with E-state index in [0.29, 0.717) is 0 Å². The fourth-order valence-electron chi connectivity index (χ4n) is 4.07. The quantitative estimate of drug-likeness (QED) is 0.709. The van der Waals surface area contributed by atoms with Crippen LogP contribution in [0.1, 0.15) is 40.7 Å². The summed E-state index contributed by atoms with van der Waals surface area (Å²) in [6, 6.07) is 6.60. The van der Waals surface area contributed by atoms with Crippen molar-refractivity contribution in [2.24, 2.45) is 0 Å². The van der Waals surface area contributed by atoms with Gasteiger partial charge in [-0.25, -0.2) is 0 Å². The molecule has 0 bridgehead atoms. The second-order valence-electron chi connectivity index (χ2n) is 6.81. The molecule has 126 valence electrons. The van der Waals surface area contributed by atoms with E-state index in [9.17, 15) is 4.79 Å². The summed E-state index contributed by atoms with van der Waals surface area (Å²) in [5.74, 6) is 0. The number of nitrogens with one attached hydrogen (secondary N) is 2. The van der Waals surface area contributed by atoms with Crippen molar-refractivity contribution in [3.63, 3.8) is 0 Å². The lowest BCUT2D eigenvalue weighted by molar-refractivity contribution is 0.199. The molecule has 1 aromatic heterocycles. The number of methoxy groups -OCH3 is 1. The Hall–Kier alpha value is -1.91. The third-order valence-corrected chi connectivity index (χ3v) is 5.26. The fourth-order valence-corrected chi connectivity index (χ4v) is 4.07. The molecule has 0 saturated heterocycles. The molecule has 2 N–H and O–H groups in total. The molecule has 4 heteroatoms. The first-order chi connectivity index (χ1) is 11.8. The molecule has 0 atom stereocenters. The van der Waals surface area contributed by atoms with E-state index < -0.39 is 0 Å². The van der Waals surface area contributed by atoms with Crippen molar-refractivity contribution in [2.45, 2.75) is 38.6 Å². The van der Waals surface area contributed by atoms with Gasteiger partial charge in [0.25, 0.3) is 5.56 Å². The molecule has 0 radical (unpaired) electrons. The van der Waals surface area contributed by atoms with E-state index in [-0.39, 0.29) is 5.56 Å². The normalized spacial score (nSPS) is 15.0. The Morgan fingerprint density at radius 1 is 1.17 bits per heavy atom. The van der Waals surface area contributed by atoms with Crippen LogP contribution in [0.3, 0.4) is 0 Å². The lowest BCUT2D eigenvalue weighted by Crippen LogP contribution is -2.21. The van der Waals surface area contributed by atoms with Crippen molar-refractivity contribution in [3.05, 3.63) is 56.4 Å². The number of ether oxygens (including phenoxy) is 1. The van der Waals surface area contributed by atoms with Gasteiger partial charge in [0, 0.05) is 37.7 Å². The fraction of sp³-hybridized carbons (Fsp3) is 0.450. The topological polar surface area (TPSA) is 54.1 Å². The Morgan fingerprint density at radius 3 is 2.83 bits per heavy atom. The van der Waals surface area contributed by atoms with Gasteiger partial charge in [0.2, 0.25) is 0 Å². The number of benzene rings is 1. The molecule has 1 aromatic carbocycles. The highest BCUT2D eigenvalue weighted by Gasteiger charge is 2.26. The average molecular weight is 324 g/mol. The molecule has 2 aliphatic rings. The number of pyridine rings is 1. The molecule has 24 heavy (non-hydrogen) atoms. The molecule has 0 spiro atoms. The predicted molar refractivity (Wildman–Crippen MR) is 95.5 cm³/mol. The maximum absolute atomic E-state index is 12.4. The Labute approximate surface area is 142 Å². The van der Waals surface area contributed by atoms with Crippen LogP contribution >= 0.6 is 0 Å². The van der Waals surface area contributed by atoms with E-state index in [1.165, 1.54) is 34.2 Å². The summed E-state index contributed by atoms with van der Waals surface area (Å²) in [6.45, 7) is 2.43. The van der Waals surface area contributed by atoms with Gasteiger partial charge in [-0.2, -0.15) is 0 Å². The zero-order valence-corrected chi connectivity index (χ0v) is 14.2. The van der Waals surface area contributed by atoms with Crippen LogP contribution in [0, 0.1) is 0 Å². The average Bonchev–Trinajstić information content (AvgIpc) is 2.97. The van der Waals surface area contributed by atoms with Crippen LogP contribution in [-0.4, -0.2) is 25.2 Å². The molecule has 4 nitrogen and oxygen atoms in total. The van der Waals surface area contributed by atoms with Gasteiger partial charge in [0.15, 0.2) is 0 Å². The SMILES string of the molecule is COCCNCc1ccc2c(c1)Cc1c-2[nH]c(=O)c2c1CCCC2. The van der Waals surface area contributed by atoms with E-state index in [0.717, 1.165) is 56.6 Å². The molecule has 2 aliphatic carbocycles. The minimum absolute atomic E-state index is 0.126. The summed E-state index contributed by atoms with van der Waals surface area (Å²) in [4.78, 5) is 15.6. The smallest absolute Gasteiger partial charge is 0.251 e. The number of rotatable bonds is 5. The van der Waals surface area contributed by atoms with E-state index in [2.05, 4.69) is 28.5 Å². The lowest BCUT2D eigenvalue weighted by Gasteiger charge is -2.18. The summed E-state index contributed by atoms with van der Waals surface area (Å²) >= 11 is 0. The molecule has 1 heterocycles. The van der Waals surface area contributed by atoms with E-state index in [1.54, 1.807) is 7.11 Å². The van der Waals surface area contributed by atoms with Crippen LogP contribution in [0.5, 0.6) is 0 Å². The molecular formula is C20H24N2O2. The molecule has 0 aliphatic heterocycles. The summed E-state index contributed by atoms with van der Waals surface area (Å²) in [5.41, 5.74) is 8.75. The Kier molecular flexibility index (Phi) is 4.25. The Morgan fingerprint density at radius 2 is 2.00 bits per heavy atom. The van der Waals surface area contributed by atoms with Gasteiger partial charge in [0.1, 0.15) is 0 Å². The first-order valence-electron chi connectivity index (χ1n) is 8.86. The van der Waals surface area contributed by atoms with Gasteiger partial charge < -0.3 is 15.0 Å². The zero-order chi connectivity index (χ0) is 16.5. The largest absolute Gasteiger partial charge is 0.383 e. The van der Waals surface area contributed by atoms with Crippen molar-refractivity contribution in [2.75, 3.05) is 20.3 Å². The summed E-state index contributed by atoms with van der Waals surface area (Å²) in [7, 11) is 1.72. The molecule has 0 fully saturated rings. The number of H-pyrrole nitrogens is 1. The van der Waals surface area contributed by atoms with Crippen LogP contribution < -0.4 is 10.9 Å². The van der Waals surface area contributed by atoms with Gasteiger partial charge in [-0.05, 0) is 47.9 Å². The molecular weight excluding hydrogens is 300 g/mol. The highest BCUT2D eigenvalue weighted by Crippen LogP contribution is 2.39. The van der Waals surface area contributed by atoms with Gasteiger partial charge in [-0.3, -0.25) is 4.79 Å². The number of hydrogen-bond acceptors (Lipinski definition) is 3. The number of fused-ring (bicyclic) bond motifs is 5. The Bertz CT molecular complexity index is 823. The predicted octanol–water partition coefficient (Wildman–Crippen LogP) is 2.56. The number of aromatic nitrogens is 1. The number of aromatic amines is 1. The standard InChI is InChI=1S/C20H24N2O2/c1-24-9-8-21-12-13-6-7-15-14(10-13)11-18-16-4-2-3-5-17(16)20(23)22-19(15)18/h6-7,10,21H,2-5,8-9,11-12H2,1H3,(H,22,23). The van der Waals surface area contributed by atoms with Crippen molar-refractivity contribution in [1.82, 2.24) is 10.3 Å². The number of hydrogen-bond donors (Lipinski definition) is 2. The summed E-state index contributed by atoms with van der Waals surface area (Å²) < 4.78 is 5.06. The van der Waals surface area contributed by atoms with Crippen LogP contribution in [0.15, 0.2) is 23.0 Å². The second-order valence-corrected chi connectivity index (χ2v) is 6.81. The van der Waals surface area contributed by atoms with Crippen LogP contribution in [0.2, 0.25) is 0 Å². The van der Waals surface area contributed by atoms with E-state index >= 15 is 0 Å². The van der Waals surface area contributed by atoms with Crippen molar-refractivity contribution in [1.29, 1.82) is 0 Å². The van der Waals surface area contributed by atoms with Crippen molar-refractivity contribution in [3.8, 4) is 11.3 Å². The first kappa shape index (κ1) is 15.6. The van der Waals surface area contributed by atoms with Crippen molar-refractivity contribution >= 4 is 0 Å². The van der Waals surface area contributed by atoms with Crippen molar-refractivity contribution < 1.29 is 4.74 Å². The minimum Gasteiger partial charge on any atom is -0.383 e. The van der Waals surface area contributed by atoms with Crippen LogP contribution in [0.25, 0.3) is 11.3 Å². The molecule has 2 aromatic rings. The van der Waals surface area contributed by atoms with Crippen LogP contribution in [0.4, 0.5) is 0 Å². The third-order valence-electron chi connectivity index (χ3n) is 5.26. The molecule has 0 amide bonds. The van der Waals surface area contributed by atoms with Crippen LogP contribution in [-0.2, 0) is 30.5 Å². The summed E-state index contributed by atoms with van der Waals surface area (Å²) in [5, 5.41) is 3.39. The Balaban J connectivity index is 1.63. The van der Waals surface area contributed by atoms with Gasteiger partial charge in [-0.1, -0.05) is 18.2 Å². The van der Waals surface area contributed by atoms with Gasteiger partial charge in [0.05, 0.1) is 12.3 Å². The second kappa shape index (κ2) is 6.54. The van der Waals surface area contributed by atoms with E-state index in [1.807, 2.05) is 0 Å². The molecule has 0 unspecified atom stereocenters. The van der Waals surface area contributed by atoms with Gasteiger partial charge >= 0.3 is 0 Å². The van der Waals surface area contributed by atoms with E-state index in [4.69, 9.17) is 4.74 Å². The highest BCUT2D eigenvalue weighted by atomic mass is 16.5. The summed E-state index contributed by atoms with van der Waals surface area (Å²) in [6.07, 6.45) is 5.28. The zero-order valence-electron chi connectivity index (χ0n) is 14.2. The third kappa shape index (κ3) is 2.70. The van der Waals surface area contributed by atoms with Gasteiger partial charge in [-0.15, -0.1) is 0 Å². The highest BCUT2D eigenvalue weighted by molar-refractivity contribution is 5.75. The maximum Gasteiger partial charge on any atom is 0.251 e. The maximum atomic E-state index is 12.4. The monoisotopic (exact) mass is 324 g/mol. The lowest BCUT2D eigenvalue weighted by atomic mass is 9.88. The molecule has 4 rings (SSSR count). The minimum atomic E-state index is 0.126. The molecule has 0 saturated carbocycles. The first-order valence-corrected chi connectivity index (χ1v) is 8.86.